The average Bonchev–Trinajstić information content (AvgIpc) is 3.43. The molecule has 0 bridgehead atoms. The number of hydrogen-bond acceptors (Lipinski definition) is 3. The highest BCUT2D eigenvalue weighted by atomic mass is 16.2. The molecule has 6 rings (SSSR count). The van der Waals surface area contributed by atoms with Crippen LogP contribution in [0.1, 0.15) is 36.1 Å². The van der Waals surface area contributed by atoms with E-state index in [9.17, 15) is 9.59 Å². The van der Waals surface area contributed by atoms with Crippen molar-refractivity contribution >= 4 is 16.8 Å². The summed E-state index contributed by atoms with van der Waals surface area (Å²) in [5.41, 5.74) is 6.94. The van der Waals surface area contributed by atoms with E-state index in [0.29, 0.717) is 18.0 Å². The number of hydrogen-bond donors (Lipinski definition) is 1. The van der Waals surface area contributed by atoms with Crippen LogP contribution in [0.3, 0.4) is 0 Å². The number of aromatic amines is 1. The third-order valence-electron chi connectivity index (χ3n) is 7.96. The summed E-state index contributed by atoms with van der Waals surface area (Å²) in [6, 6.07) is 14.9. The van der Waals surface area contributed by atoms with Crippen molar-refractivity contribution in [2.45, 2.75) is 46.6 Å². The van der Waals surface area contributed by atoms with Crippen LogP contribution in [0.5, 0.6) is 0 Å². The fourth-order valence-corrected chi connectivity index (χ4v) is 5.48. The smallest absolute Gasteiger partial charge is 0.256 e. The Morgan fingerprint density at radius 2 is 1.81 bits per heavy atom. The lowest BCUT2D eigenvalue weighted by Crippen LogP contribution is -2.33. The highest BCUT2D eigenvalue weighted by Crippen LogP contribution is 2.34. The Bertz CT molecular complexity index is 1540. The van der Waals surface area contributed by atoms with Gasteiger partial charge in [-0.2, -0.15) is 0 Å². The van der Waals surface area contributed by atoms with Gasteiger partial charge in [0.15, 0.2) is 0 Å². The van der Waals surface area contributed by atoms with Crippen molar-refractivity contribution < 1.29 is 4.79 Å². The standard InChI is InChI=1S/C30H32N4O2/c1-18-14-24(25-7-4-22-10-12-31-27(22)15-25)8-9-26(18)28-32-20(3)19(2)29(35)34(28)17-21-11-13-33(16-21)30(36)23-5-6-23/h4,7-10,12,14-15,21,23,31H,5-6,11,13,16-17H2,1-3H3. The molecule has 2 aliphatic rings. The number of aromatic nitrogens is 3. The maximum atomic E-state index is 13.4. The molecule has 2 aromatic carbocycles. The van der Waals surface area contributed by atoms with E-state index in [2.05, 4.69) is 54.4 Å². The molecule has 1 saturated heterocycles. The lowest BCUT2D eigenvalue weighted by molar-refractivity contribution is -0.131. The predicted octanol–water partition coefficient (Wildman–Crippen LogP) is 5.24. The molecule has 6 nitrogen and oxygen atoms in total. The molecule has 1 aliphatic carbocycles. The largest absolute Gasteiger partial charge is 0.361 e. The van der Waals surface area contributed by atoms with Crippen LogP contribution in [0.25, 0.3) is 33.4 Å². The van der Waals surface area contributed by atoms with Gasteiger partial charge in [-0.25, -0.2) is 4.98 Å². The van der Waals surface area contributed by atoms with Crippen molar-refractivity contribution in [2.24, 2.45) is 11.8 Å². The average molecular weight is 481 g/mol. The number of carbonyl (C=O) groups excluding carboxylic acids is 1. The first-order valence-electron chi connectivity index (χ1n) is 12.9. The molecule has 1 unspecified atom stereocenters. The van der Waals surface area contributed by atoms with Gasteiger partial charge in [0.1, 0.15) is 5.82 Å². The molecular weight excluding hydrogens is 448 g/mol. The molecule has 36 heavy (non-hydrogen) atoms. The normalized spacial score (nSPS) is 17.8. The van der Waals surface area contributed by atoms with E-state index in [4.69, 9.17) is 4.98 Å². The van der Waals surface area contributed by atoms with Crippen molar-refractivity contribution in [3.63, 3.8) is 0 Å². The first-order chi connectivity index (χ1) is 17.4. The van der Waals surface area contributed by atoms with Gasteiger partial charge in [-0.05, 0) is 80.2 Å². The van der Waals surface area contributed by atoms with Crippen LogP contribution >= 0.6 is 0 Å². The van der Waals surface area contributed by atoms with Gasteiger partial charge in [0.2, 0.25) is 5.91 Å². The van der Waals surface area contributed by atoms with E-state index < -0.39 is 0 Å². The number of fused-ring (bicyclic) bond motifs is 1. The second-order valence-corrected chi connectivity index (χ2v) is 10.6. The SMILES string of the molecule is Cc1cc(-c2ccc3cc[nH]c3c2)ccc1-c1nc(C)c(C)c(=O)n1CC1CCN(C(=O)C2CC2)C1. The second kappa shape index (κ2) is 8.77. The Morgan fingerprint density at radius 1 is 1.03 bits per heavy atom. The molecule has 1 atom stereocenters. The number of benzene rings is 2. The van der Waals surface area contributed by atoms with Gasteiger partial charge in [-0.3, -0.25) is 14.2 Å². The van der Waals surface area contributed by atoms with Crippen LogP contribution in [0.15, 0.2) is 53.5 Å². The van der Waals surface area contributed by atoms with Crippen LogP contribution in [-0.2, 0) is 11.3 Å². The maximum Gasteiger partial charge on any atom is 0.256 e. The highest BCUT2D eigenvalue weighted by Gasteiger charge is 2.37. The molecule has 0 spiro atoms. The van der Waals surface area contributed by atoms with E-state index in [0.717, 1.165) is 71.6 Å². The molecule has 3 heterocycles. The van der Waals surface area contributed by atoms with Gasteiger partial charge in [-0.15, -0.1) is 0 Å². The van der Waals surface area contributed by atoms with Crippen molar-refractivity contribution in [2.75, 3.05) is 13.1 Å². The van der Waals surface area contributed by atoms with Gasteiger partial charge in [0.25, 0.3) is 5.56 Å². The number of nitrogens with zero attached hydrogens (tertiary/aromatic N) is 3. The highest BCUT2D eigenvalue weighted by molar-refractivity contribution is 5.85. The Kier molecular flexibility index (Phi) is 5.55. The van der Waals surface area contributed by atoms with Crippen LogP contribution in [0.2, 0.25) is 0 Å². The summed E-state index contributed by atoms with van der Waals surface area (Å²) >= 11 is 0. The summed E-state index contributed by atoms with van der Waals surface area (Å²) in [5, 5.41) is 1.19. The lowest BCUT2D eigenvalue weighted by atomic mass is 9.98. The molecule has 0 radical (unpaired) electrons. The predicted molar refractivity (Wildman–Crippen MR) is 143 cm³/mol. The molecule has 1 aliphatic heterocycles. The van der Waals surface area contributed by atoms with E-state index >= 15 is 0 Å². The number of nitrogens with one attached hydrogen (secondary N) is 1. The molecule has 2 fully saturated rings. The van der Waals surface area contributed by atoms with E-state index in [1.807, 2.05) is 29.5 Å². The molecule has 1 amide bonds. The summed E-state index contributed by atoms with van der Waals surface area (Å²) in [6.45, 7) is 7.96. The molecule has 1 saturated carbocycles. The number of rotatable bonds is 5. The van der Waals surface area contributed by atoms with Gasteiger partial charge in [0, 0.05) is 54.1 Å². The monoisotopic (exact) mass is 480 g/mol. The minimum absolute atomic E-state index is 0.0187. The molecule has 1 N–H and O–H groups in total. The zero-order valence-corrected chi connectivity index (χ0v) is 21.2. The Morgan fingerprint density at radius 3 is 2.58 bits per heavy atom. The first kappa shape index (κ1) is 22.8. The summed E-state index contributed by atoms with van der Waals surface area (Å²) in [7, 11) is 0. The quantitative estimate of drug-likeness (QED) is 0.425. The zero-order chi connectivity index (χ0) is 25.0. The van der Waals surface area contributed by atoms with Gasteiger partial charge < -0.3 is 9.88 Å². The fraction of sp³-hybridized carbons (Fsp3) is 0.367. The van der Waals surface area contributed by atoms with Crippen molar-refractivity contribution in [3.05, 3.63) is 75.8 Å². The van der Waals surface area contributed by atoms with E-state index in [-0.39, 0.29) is 17.4 Å². The molecule has 184 valence electrons. The number of carbonyl (C=O) groups is 1. The van der Waals surface area contributed by atoms with Crippen LogP contribution in [0, 0.1) is 32.6 Å². The fourth-order valence-electron chi connectivity index (χ4n) is 5.48. The summed E-state index contributed by atoms with van der Waals surface area (Å²) in [5.74, 6) is 1.52. The second-order valence-electron chi connectivity index (χ2n) is 10.6. The number of H-pyrrole nitrogens is 1. The maximum absolute atomic E-state index is 13.4. The molecule has 4 aromatic rings. The Labute approximate surface area is 211 Å². The third kappa shape index (κ3) is 4.04. The van der Waals surface area contributed by atoms with Gasteiger partial charge in [-0.1, -0.05) is 30.3 Å². The summed E-state index contributed by atoms with van der Waals surface area (Å²) < 4.78 is 1.85. The Hall–Kier alpha value is -3.67. The number of likely N-dealkylation sites (tertiary alicyclic amines) is 1. The molecule has 6 heteroatoms. The van der Waals surface area contributed by atoms with Crippen molar-refractivity contribution in [3.8, 4) is 22.5 Å². The molecular formula is C30H32N4O2. The minimum Gasteiger partial charge on any atom is -0.361 e. The van der Waals surface area contributed by atoms with Crippen molar-refractivity contribution in [1.29, 1.82) is 0 Å². The van der Waals surface area contributed by atoms with Crippen LogP contribution in [-0.4, -0.2) is 38.4 Å². The molecule has 2 aromatic heterocycles. The van der Waals surface area contributed by atoms with Crippen LogP contribution < -0.4 is 5.56 Å². The zero-order valence-electron chi connectivity index (χ0n) is 21.2. The first-order valence-corrected chi connectivity index (χ1v) is 12.9. The van der Waals surface area contributed by atoms with Gasteiger partial charge in [0.05, 0.1) is 0 Å². The van der Waals surface area contributed by atoms with Crippen LogP contribution in [0.4, 0.5) is 0 Å². The number of aryl methyl sites for hydroxylation is 2. The lowest BCUT2D eigenvalue weighted by Gasteiger charge is -2.20. The van der Waals surface area contributed by atoms with Crippen molar-refractivity contribution in [1.82, 2.24) is 19.4 Å². The summed E-state index contributed by atoms with van der Waals surface area (Å²) in [4.78, 5) is 36.2. The summed E-state index contributed by atoms with van der Waals surface area (Å²) in [6.07, 6.45) is 4.94. The third-order valence-corrected chi connectivity index (χ3v) is 7.96. The Balaban J connectivity index is 1.34. The van der Waals surface area contributed by atoms with E-state index in [1.54, 1.807) is 0 Å². The topological polar surface area (TPSA) is 71.0 Å². The minimum atomic E-state index is 0.0187. The van der Waals surface area contributed by atoms with Gasteiger partial charge >= 0.3 is 0 Å². The number of amides is 1. The van der Waals surface area contributed by atoms with E-state index in [1.165, 1.54) is 5.39 Å².